The lowest BCUT2D eigenvalue weighted by Crippen LogP contribution is -2.26. The second-order valence-electron chi connectivity index (χ2n) is 5.85. The van der Waals surface area contributed by atoms with Gasteiger partial charge in [-0.2, -0.15) is 5.10 Å². The number of anilines is 1. The standard InChI is InChI=1S/C17H26N4/c1-13(18)12-16-14(2)19-21(4)17(16)20(3)11-10-15-8-6-5-7-9-15/h5-9,13H,10-12,18H2,1-4H3. The third-order valence-electron chi connectivity index (χ3n) is 3.78. The molecule has 21 heavy (non-hydrogen) atoms. The summed E-state index contributed by atoms with van der Waals surface area (Å²) < 4.78 is 1.97. The summed E-state index contributed by atoms with van der Waals surface area (Å²) in [4.78, 5) is 2.28. The van der Waals surface area contributed by atoms with E-state index in [1.54, 1.807) is 0 Å². The molecule has 0 saturated carbocycles. The zero-order valence-electron chi connectivity index (χ0n) is 13.5. The number of hydrogen-bond donors (Lipinski definition) is 1. The molecule has 2 rings (SSSR count). The largest absolute Gasteiger partial charge is 0.359 e. The van der Waals surface area contributed by atoms with Gasteiger partial charge in [0.05, 0.1) is 5.69 Å². The molecule has 0 saturated heterocycles. The second-order valence-corrected chi connectivity index (χ2v) is 5.85. The minimum absolute atomic E-state index is 0.147. The molecule has 0 spiro atoms. The summed E-state index contributed by atoms with van der Waals surface area (Å²) in [6.45, 7) is 5.07. The van der Waals surface area contributed by atoms with Gasteiger partial charge in [0.1, 0.15) is 5.82 Å². The number of aryl methyl sites for hydroxylation is 2. The zero-order valence-corrected chi connectivity index (χ0v) is 13.5. The molecule has 1 unspecified atom stereocenters. The van der Waals surface area contributed by atoms with E-state index < -0.39 is 0 Å². The molecular formula is C17H26N4. The highest BCUT2D eigenvalue weighted by Gasteiger charge is 2.17. The third-order valence-corrected chi connectivity index (χ3v) is 3.78. The van der Waals surface area contributed by atoms with E-state index in [2.05, 4.69) is 54.3 Å². The number of likely N-dealkylation sites (N-methyl/N-ethyl adjacent to an activating group) is 1. The summed E-state index contributed by atoms with van der Waals surface area (Å²) in [5.41, 5.74) is 9.69. The minimum atomic E-state index is 0.147. The summed E-state index contributed by atoms with van der Waals surface area (Å²) in [6, 6.07) is 10.7. The highest BCUT2D eigenvalue weighted by Crippen LogP contribution is 2.23. The number of nitrogens with zero attached hydrogens (tertiary/aromatic N) is 3. The fourth-order valence-corrected chi connectivity index (χ4v) is 2.78. The molecule has 1 heterocycles. The molecule has 1 aromatic carbocycles. The van der Waals surface area contributed by atoms with E-state index in [0.29, 0.717) is 0 Å². The van der Waals surface area contributed by atoms with Crippen LogP contribution in [0.2, 0.25) is 0 Å². The average Bonchev–Trinajstić information content (AvgIpc) is 2.71. The van der Waals surface area contributed by atoms with Crippen LogP contribution >= 0.6 is 0 Å². The molecule has 4 heteroatoms. The Morgan fingerprint density at radius 1 is 1.29 bits per heavy atom. The molecule has 114 valence electrons. The first-order valence-corrected chi connectivity index (χ1v) is 7.52. The van der Waals surface area contributed by atoms with Crippen LogP contribution in [0, 0.1) is 6.92 Å². The van der Waals surface area contributed by atoms with Gasteiger partial charge in [-0.25, -0.2) is 0 Å². The van der Waals surface area contributed by atoms with Gasteiger partial charge in [0.25, 0.3) is 0 Å². The molecule has 0 bridgehead atoms. The van der Waals surface area contributed by atoms with Crippen molar-refractivity contribution in [3.05, 3.63) is 47.2 Å². The smallest absolute Gasteiger partial charge is 0.129 e. The summed E-state index contributed by atoms with van der Waals surface area (Å²) >= 11 is 0. The van der Waals surface area contributed by atoms with Crippen LogP contribution in [0.5, 0.6) is 0 Å². The highest BCUT2D eigenvalue weighted by atomic mass is 15.4. The van der Waals surface area contributed by atoms with Gasteiger partial charge in [0, 0.05) is 32.2 Å². The summed E-state index contributed by atoms with van der Waals surface area (Å²) in [6.07, 6.45) is 1.89. The maximum absolute atomic E-state index is 5.98. The SMILES string of the molecule is Cc1nn(C)c(N(C)CCc2ccccc2)c1CC(C)N. The van der Waals surface area contributed by atoms with Crippen LogP contribution in [0.25, 0.3) is 0 Å². The van der Waals surface area contributed by atoms with Crippen LogP contribution in [0.15, 0.2) is 30.3 Å². The lowest BCUT2D eigenvalue weighted by molar-refractivity contribution is 0.713. The van der Waals surface area contributed by atoms with Crippen molar-refractivity contribution in [1.82, 2.24) is 9.78 Å². The Balaban J connectivity index is 2.13. The van der Waals surface area contributed by atoms with Crippen LogP contribution in [-0.2, 0) is 19.9 Å². The van der Waals surface area contributed by atoms with Gasteiger partial charge in [-0.15, -0.1) is 0 Å². The van der Waals surface area contributed by atoms with Crippen molar-refractivity contribution < 1.29 is 0 Å². The Bertz CT molecular complexity index is 572. The van der Waals surface area contributed by atoms with Gasteiger partial charge >= 0.3 is 0 Å². The Morgan fingerprint density at radius 2 is 1.95 bits per heavy atom. The predicted molar refractivity (Wildman–Crippen MR) is 88.7 cm³/mol. The minimum Gasteiger partial charge on any atom is -0.359 e. The molecule has 4 nitrogen and oxygen atoms in total. The lowest BCUT2D eigenvalue weighted by Gasteiger charge is -2.21. The number of benzene rings is 1. The average molecular weight is 286 g/mol. The molecule has 1 aromatic heterocycles. The van der Waals surface area contributed by atoms with E-state index in [9.17, 15) is 0 Å². The highest BCUT2D eigenvalue weighted by molar-refractivity contribution is 5.50. The molecular weight excluding hydrogens is 260 g/mol. The molecule has 0 aliphatic heterocycles. The van der Waals surface area contributed by atoms with Gasteiger partial charge in [0.2, 0.25) is 0 Å². The number of rotatable bonds is 6. The monoisotopic (exact) mass is 286 g/mol. The van der Waals surface area contributed by atoms with E-state index in [4.69, 9.17) is 5.73 Å². The van der Waals surface area contributed by atoms with E-state index in [1.807, 2.05) is 18.7 Å². The molecule has 1 atom stereocenters. The zero-order chi connectivity index (χ0) is 15.4. The summed E-state index contributed by atoms with van der Waals surface area (Å²) in [5.74, 6) is 1.18. The quantitative estimate of drug-likeness (QED) is 0.886. The maximum Gasteiger partial charge on any atom is 0.129 e. The Kier molecular flexibility index (Phi) is 5.02. The van der Waals surface area contributed by atoms with Crippen molar-refractivity contribution in [2.24, 2.45) is 12.8 Å². The van der Waals surface area contributed by atoms with E-state index in [-0.39, 0.29) is 6.04 Å². The number of aromatic nitrogens is 2. The van der Waals surface area contributed by atoms with Crippen molar-refractivity contribution >= 4 is 5.82 Å². The van der Waals surface area contributed by atoms with E-state index >= 15 is 0 Å². The third kappa shape index (κ3) is 3.85. The van der Waals surface area contributed by atoms with Crippen LogP contribution < -0.4 is 10.6 Å². The Labute approximate surface area is 127 Å². The molecule has 0 fully saturated rings. The van der Waals surface area contributed by atoms with Crippen molar-refractivity contribution in [3.8, 4) is 0 Å². The lowest BCUT2D eigenvalue weighted by atomic mass is 10.1. The molecule has 0 aliphatic carbocycles. The number of nitrogens with two attached hydrogens (primary N) is 1. The first kappa shape index (κ1) is 15.6. The molecule has 0 amide bonds. The first-order valence-electron chi connectivity index (χ1n) is 7.52. The van der Waals surface area contributed by atoms with Crippen molar-refractivity contribution in [2.75, 3.05) is 18.5 Å². The molecule has 0 radical (unpaired) electrons. The Hall–Kier alpha value is -1.81. The maximum atomic E-state index is 5.98. The summed E-state index contributed by atoms with van der Waals surface area (Å²) in [5, 5.41) is 4.56. The molecule has 2 N–H and O–H groups in total. The van der Waals surface area contributed by atoms with Gasteiger partial charge < -0.3 is 10.6 Å². The fourth-order valence-electron chi connectivity index (χ4n) is 2.78. The molecule has 0 aliphatic rings. The predicted octanol–water partition coefficient (Wildman–Crippen LogP) is 2.30. The van der Waals surface area contributed by atoms with E-state index in [1.165, 1.54) is 16.9 Å². The fraction of sp³-hybridized carbons (Fsp3) is 0.471. The van der Waals surface area contributed by atoms with Gasteiger partial charge in [-0.1, -0.05) is 30.3 Å². The van der Waals surface area contributed by atoms with Crippen molar-refractivity contribution in [2.45, 2.75) is 32.7 Å². The van der Waals surface area contributed by atoms with Crippen LogP contribution in [0.1, 0.15) is 23.7 Å². The normalized spacial score (nSPS) is 12.4. The van der Waals surface area contributed by atoms with Crippen LogP contribution in [0.4, 0.5) is 5.82 Å². The van der Waals surface area contributed by atoms with E-state index in [0.717, 1.165) is 25.1 Å². The first-order chi connectivity index (χ1) is 9.99. The van der Waals surface area contributed by atoms with Crippen molar-refractivity contribution in [3.63, 3.8) is 0 Å². The topological polar surface area (TPSA) is 47.1 Å². The molecule has 2 aromatic rings. The van der Waals surface area contributed by atoms with Crippen molar-refractivity contribution in [1.29, 1.82) is 0 Å². The van der Waals surface area contributed by atoms with Crippen LogP contribution in [0.3, 0.4) is 0 Å². The number of hydrogen-bond acceptors (Lipinski definition) is 3. The van der Waals surface area contributed by atoms with Gasteiger partial charge in [-0.3, -0.25) is 4.68 Å². The second kappa shape index (κ2) is 6.76. The Morgan fingerprint density at radius 3 is 2.57 bits per heavy atom. The van der Waals surface area contributed by atoms with Gasteiger partial charge in [0.15, 0.2) is 0 Å². The van der Waals surface area contributed by atoms with Gasteiger partial charge in [-0.05, 0) is 32.3 Å². The summed E-state index contributed by atoms with van der Waals surface area (Å²) in [7, 11) is 4.14. The van der Waals surface area contributed by atoms with Crippen LogP contribution in [-0.4, -0.2) is 29.4 Å².